The standard InChI is InChI=1S/C16H23ClFNO/c1-3-20-16(9-5-4-6-10-16)15(19-2)13-8-7-12(17)11-14(13)18/h7-8,11,15,19H,3-6,9-10H2,1-2H3. The third-order valence-electron chi connectivity index (χ3n) is 4.22. The molecule has 0 radical (unpaired) electrons. The molecule has 1 unspecified atom stereocenters. The van der Waals surface area contributed by atoms with Gasteiger partial charge in [0, 0.05) is 17.2 Å². The first kappa shape index (κ1) is 15.7. The van der Waals surface area contributed by atoms with Crippen molar-refractivity contribution in [3.8, 4) is 0 Å². The van der Waals surface area contributed by atoms with Crippen molar-refractivity contribution in [1.82, 2.24) is 5.32 Å². The molecule has 0 bridgehead atoms. The molecule has 1 N–H and O–H groups in total. The van der Waals surface area contributed by atoms with Gasteiger partial charge in [0.15, 0.2) is 0 Å². The van der Waals surface area contributed by atoms with Crippen molar-refractivity contribution in [2.75, 3.05) is 13.7 Å². The number of rotatable bonds is 5. The van der Waals surface area contributed by atoms with E-state index in [-0.39, 0.29) is 17.5 Å². The Morgan fingerprint density at radius 3 is 2.60 bits per heavy atom. The van der Waals surface area contributed by atoms with Crippen LogP contribution in [0.25, 0.3) is 0 Å². The van der Waals surface area contributed by atoms with Crippen LogP contribution in [0.5, 0.6) is 0 Å². The first-order valence-corrected chi connectivity index (χ1v) is 7.77. The van der Waals surface area contributed by atoms with Crippen LogP contribution in [-0.2, 0) is 4.74 Å². The molecular weight excluding hydrogens is 277 g/mol. The second kappa shape index (κ2) is 6.88. The Morgan fingerprint density at radius 2 is 2.05 bits per heavy atom. The third kappa shape index (κ3) is 3.16. The van der Waals surface area contributed by atoms with Crippen LogP contribution in [0.4, 0.5) is 4.39 Å². The number of hydrogen-bond acceptors (Lipinski definition) is 2. The summed E-state index contributed by atoms with van der Waals surface area (Å²) in [6, 6.07) is 4.75. The van der Waals surface area contributed by atoms with Gasteiger partial charge in [-0.25, -0.2) is 4.39 Å². The van der Waals surface area contributed by atoms with Crippen molar-refractivity contribution in [3.63, 3.8) is 0 Å². The number of likely N-dealkylation sites (N-methyl/N-ethyl adjacent to an activating group) is 1. The van der Waals surface area contributed by atoms with Gasteiger partial charge < -0.3 is 10.1 Å². The molecule has 1 fully saturated rings. The average molecular weight is 300 g/mol. The predicted molar refractivity (Wildman–Crippen MR) is 80.7 cm³/mol. The van der Waals surface area contributed by atoms with Crippen LogP contribution in [-0.4, -0.2) is 19.3 Å². The zero-order chi connectivity index (χ0) is 14.6. The van der Waals surface area contributed by atoms with Crippen LogP contribution in [0, 0.1) is 5.82 Å². The van der Waals surface area contributed by atoms with Crippen molar-refractivity contribution < 1.29 is 9.13 Å². The van der Waals surface area contributed by atoms with Gasteiger partial charge >= 0.3 is 0 Å². The van der Waals surface area contributed by atoms with Crippen molar-refractivity contribution in [2.45, 2.75) is 50.7 Å². The summed E-state index contributed by atoms with van der Waals surface area (Å²) >= 11 is 5.85. The number of nitrogens with one attached hydrogen (secondary N) is 1. The molecule has 1 aliphatic rings. The molecule has 1 atom stereocenters. The minimum atomic E-state index is -0.309. The summed E-state index contributed by atoms with van der Waals surface area (Å²) in [7, 11) is 1.87. The lowest BCUT2D eigenvalue weighted by Gasteiger charge is -2.43. The molecule has 1 aromatic carbocycles. The Morgan fingerprint density at radius 1 is 1.35 bits per heavy atom. The lowest BCUT2D eigenvalue weighted by molar-refractivity contribution is -0.0904. The van der Waals surface area contributed by atoms with Crippen molar-refractivity contribution >= 4 is 11.6 Å². The number of hydrogen-bond donors (Lipinski definition) is 1. The lowest BCUT2D eigenvalue weighted by atomic mass is 9.76. The highest BCUT2D eigenvalue weighted by Crippen LogP contribution is 2.42. The predicted octanol–water partition coefficient (Wildman–Crippen LogP) is 4.48. The molecule has 0 spiro atoms. The van der Waals surface area contributed by atoms with E-state index in [9.17, 15) is 4.39 Å². The van der Waals surface area contributed by atoms with Crippen LogP contribution < -0.4 is 5.32 Å². The molecule has 4 heteroatoms. The summed E-state index contributed by atoms with van der Waals surface area (Å²) in [5.41, 5.74) is 0.336. The minimum absolute atomic E-state index is 0.139. The largest absolute Gasteiger partial charge is 0.373 e. The maximum atomic E-state index is 14.3. The zero-order valence-corrected chi connectivity index (χ0v) is 13.0. The average Bonchev–Trinajstić information content (AvgIpc) is 2.43. The first-order chi connectivity index (χ1) is 9.63. The fraction of sp³-hybridized carbons (Fsp3) is 0.625. The van der Waals surface area contributed by atoms with Gasteiger partial charge in [-0.3, -0.25) is 0 Å². The maximum absolute atomic E-state index is 14.3. The smallest absolute Gasteiger partial charge is 0.129 e. The highest BCUT2D eigenvalue weighted by Gasteiger charge is 2.41. The van der Waals surface area contributed by atoms with Gasteiger partial charge in [0.05, 0.1) is 11.6 Å². The number of ether oxygens (including phenoxy) is 1. The van der Waals surface area contributed by atoms with E-state index in [1.807, 2.05) is 14.0 Å². The summed E-state index contributed by atoms with van der Waals surface area (Å²) in [5.74, 6) is -0.262. The van der Waals surface area contributed by atoms with E-state index in [1.165, 1.54) is 12.5 Å². The number of benzene rings is 1. The summed E-state index contributed by atoms with van der Waals surface area (Å²) in [5, 5.41) is 3.69. The Bertz CT molecular complexity index is 441. The van der Waals surface area contributed by atoms with E-state index < -0.39 is 0 Å². The van der Waals surface area contributed by atoms with Crippen molar-refractivity contribution in [1.29, 1.82) is 0 Å². The Labute approximate surface area is 125 Å². The molecular formula is C16H23ClFNO. The van der Waals surface area contributed by atoms with Gasteiger partial charge in [0.25, 0.3) is 0 Å². The molecule has 0 aliphatic heterocycles. The van der Waals surface area contributed by atoms with Gasteiger partial charge in [0.2, 0.25) is 0 Å². The molecule has 2 nitrogen and oxygen atoms in total. The molecule has 1 saturated carbocycles. The monoisotopic (exact) mass is 299 g/mol. The van der Waals surface area contributed by atoms with E-state index in [4.69, 9.17) is 16.3 Å². The zero-order valence-electron chi connectivity index (χ0n) is 12.2. The molecule has 0 aromatic heterocycles. The third-order valence-corrected chi connectivity index (χ3v) is 4.46. The molecule has 0 heterocycles. The molecule has 112 valence electrons. The summed E-state index contributed by atoms with van der Waals surface area (Å²) < 4.78 is 20.4. The summed E-state index contributed by atoms with van der Waals surface area (Å²) in [6.07, 6.45) is 5.43. The fourth-order valence-electron chi connectivity index (χ4n) is 3.39. The molecule has 0 amide bonds. The maximum Gasteiger partial charge on any atom is 0.129 e. The lowest BCUT2D eigenvalue weighted by Crippen LogP contribution is -2.47. The fourth-order valence-corrected chi connectivity index (χ4v) is 3.55. The van der Waals surface area contributed by atoms with Gasteiger partial charge in [-0.2, -0.15) is 0 Å². The van der Waals surface area contributed by atoms with Gasteiger partial charge in [-0.1, -0.05) is 36.9 Å². The van der Waals surface area contributed by atoms with Gasteiger partial charge in [0.1, 0.15) is 5.82 Å². The molecule has 20 heavy (non-hydrogen) atoms. The van der Waals surface area contributed by atoms with Crippen molar-refractivity contribution in [3.05, 3.63) is 34.6 Å². The topological polar surface area (TPSA) is 21.3 Å². The normalized spacial score (nSPS) is 19.8. The van der Waals surface area contributed by atoms with E-state index >= 15 is 0 Å². The van der Waals surface area contributed by atoms with Crippen LogP contribution in [0.1, 0.15) is 50.6 Å². The first-order valence-electron chi connectivity index (χ1n) is 7.39. The van der Waals surface area contributed by atoms with Crippen LogP contribution in [0.15, 0.2) is 18.2 Å². The van der Waals surface area contributed by atoms with Crippen molar-refractivity contribution in [2.24, 2.45) is 0 Å². The Hall–Kier alpha value is -0.640. The van der Waals surface area contributed by atoms with E-state index in [0.717, 1.165) is 25.7 Å². The summed E-state index contributed by atoms with van der Waals surface area (Å²) in [4.78, 5) is 0. The molecule has 0 saturated heterocycles. The molecule has 2 rings (SSSR count). The highest BCUT2D eigenvalue weighted by molar-refractivity contribution is 6.30. The van der Waals surface area contributed by atoms with Gasteiger partial charge in [-0.05, 0) is 38.9 Å². The number of halogens is 2. The molecule has 1 aromatic rings. The van der Waals surface area contributed by atoms with E-state index in [1.54, 1.807) is 12.1 Å². The quantitative estimate of drug-likeness (QED) is 0.865. The summed E-state index contributed by atoms with van der Waals surface area (Å²) in [6.45, 7) is 2.65. The highest BCUT2D eigenvalue weighted by atomic mass is 35.5. The van der Waals surface area contributed by atoms with Crippen LogP contribution in [0.3, 0.4) is 0 Å². The second-order valence-corrected chi connectivity index (χ2v) is 5.88. The SMILES string of the molecule is CCOC1(C(NC)c2ccc(Cl)cc2F)CCCCC1. The molecule has 1 aliphatic carbocycles. The van der Waals surface area contributed by atoms with Crippen LogP contribution in [0.2, 0.25) is 5.02 Å². The Balaban J connectivity index is 2.37. The van der Waals surface area contributed by atoms with Gasteiger partial charge in [-0.15, -0.1) is 0 Å². The van der Waals surface area contributed by atoms with E-state index in [0.29, 0.717) is 17.2 Å². The Kier molecular flexibility index (Phi) is 5.42. The second-order valence-electron chi connectivity index (χ2n) is 5.45. The minimum Gasteiger partial charge on any atom is -0.373 e. The van der Waals surface area contributed by atoms with E-state index in [2.05, 4.69) is 5.32 Å². The van der Waals surface area contributed by atoms with Crippen LogP contribution >= 0.6 is 11.6 Å².